The Morgan fingerprint density at radius 1 is 0.474 bits per heavy atom. The molecule has 0 aliphatic heterocycles. The van der Waals surface area contributed by atoms with Crippen LogP contribution in [-0.2, 0) is 9.59 Å². The molecule has 4 aromatic carbocycles. The maximum atomic E-state index is 13.6. The van der Waals surface area contributed by atoms with Crippen LogP contribution in [0.1, 0.15) is 63.7 Å². The fourth-order valence-electron chi connectivity index (χ4n) is 5.09. The first-order valence-electron chi connectivity index (χ1n) is 11.6. The molecule has 0 saturated heterocycles. The van der Waals surface area contributed by atoms with Crippen molar-refractivity contribution in [3.63, 3.8) is 0 Å². The second-order valence-electron chi connectivity index (χ2n) is 8.81. The maximum Gasteiger partial charge on any atom is 0.320 e. The van der Waals surface area contributed by atoms with E-state index in [2.05, 4.69) is 0 Å². The third-order valence-corrected chi connectivity index (χ3v) is 6.76. The minimum absolute atomic E-state index is 0.0333. The van der Waals surface area contributed by atoms with Crippen molar-refractivity contribution in [2.24, 2.45) is 5.73 Å². The lowest BCUT2D eigenvalue weighted by Gasteiger charge is -2.30. The highest BCUT2D eigenvalue weighted by atomic mass is 16.2. The third-order valence-electron chi connectivity index (χ3n) is 6.76. The van der Waals surface area contributed by atoms with E-state index in [-0.39, 0.29) is 55.9 Å². The molecule has 0 fully saturated rings. The molecular weight excluding hydrogens is 484 g/mol. The van der Waals surface area contributed by atoms with E-state index in [4.69, 9.17) is 5.73 Å². The molecule has 38 heavy (non-hydrogen) atoms. The van der Waals surface area contributed by atoms with Gasteiger partial charge in [-0.05, 0) is 12.1 Å². The Morgan fingerprint density at radius 3 is 1.18 bits per heavy atom. The van der Waals surface area contributed by atoms with Crippen molar-refractivity contribution in [2.45, 2.75) is 0 Å². The monoisotopic (exact) mass is 500 g/mol. The SMILES string of the molecule is NC(=O)C(=O)N(c1cccc2c1C(=O)c1ccccc1C2=O)c1cccc2c1C(=O)c1ccccc1C2=O. The number of amides is 2. The van der Waals surface area contributed by atoms with Crippen LogP contribution in [0.2, 0.25) is 0 Å². The number of fused-ring (bicyclic) bond motifs is 4. The molecule has 0 spiro atoms. The summed E-state index contributed by atoms with van der Waals surface area (Å²) >= 11 is 0. The highest BCUT2D eigenvalue weighted by Gasteiger charge is 2.39. The number of nitrogens with zero attached hydrogens (tertiary/aromatic N) is 1. The number of ketones is 4. The van der Waals surface area contributed by atoms with Crippen molar-refractivity contribution in [3.8, 4) is 0 Å². The molecule has 2 aliphatic carbocycles. The summed E-state index contributed by atoms with van der Waals surface area (Å²) in [5.41, 5.74) is 5.74. The van der Waals surface area contributed by atoms with Crippen LogP contribution in [0, 0.1) is 0 Å². The Balaban J connectivity index is 1.64. The van der Waals surface area contributed by atoms with Crippen LogP contribution < -0.4 is 10.6 Å². The van der Waals surface area contributed by atoms with Gasteiger partial charge in [-0.3, -0.25) is 33.7 Å². The fourth-order valence-corrected chi connectivity index (χ4v) is 5.09. The number of benzene rings is 4. The van der Waals surface area contributed by atoms with Crippen LogP contribution in [0.5, 0.6) is 0 Å². The lowest BCUT2D eigenvalue weighted by molar-refractivity contribution is -0.135. The third kappa shape index (κ3) is 3.10. The zero-order valence-corrected chi connectivity index (χ0v) is 19.6. The van der Waals surface area contributed by atoms with Crippen LogP contribution in [-0.4, -0.2) is 34.9 Å². The molecule has 6 rings (SSSR count). The summed E-state index contributed by atoms with van der Waals surface area (Å²) in [5.74, 6) is -4.54. The number of carbonyl (C=O) groups is 6. The lowest BCUT2D eigenvalue weighted by atomic mass is 9.81. The topological polar surface area (TPSA) is 132 Å². The number of rotatable bonds is 2. The largest absolute Gasteiger partial charge is 0.361 e. The second-order valence-corrected chi connectivity index (χ2v) is 8.81. The molecule has 182 valence electrons. The fraction of sp³-hybridized carbons (Fsp3) is 0. The summed E-state index contributed by atoms with van der Waals surface area (Å²) < 4.78 is 0. The van der Waals surface area contributed by atoms with Gasteiger partial charge < -0.3 is 5.73 Å². The molecule has 2 N–H and O–H groups in total. The first kappa shape index (κ1) is 22.9. The van der Waals surface area contributed by atoms with Gasteiger partial charge in [0.05, 0.1) is 22.5 Å². The molecule has 0 atom stereocenters. The average Bonchev–Trinajstić information content (AvgIpc) is 2.94. The van der Waals surface area contributed by atoms with Gasteiger partial charge in [0.25, 0.3) is 0 Å². The van der Waals surface area contributed by atoms with Gasteiger partial charge in [-0.1, -0.05) is 72.8 Å². The maximum absolute atomic E-state index is 13.6. The van der Waals surface area contributed by atoms with Gasteiger partial charge in [0.1, 0.15) is 0 Å². The Hall–Kier alpha value is -5.50. The number of hydrogen-bond acceptors (Lipinski definition) is 6. The molecule has 2 aliphatic rings. The molecular formula is C30H16N2O6. The molecule has 0 unspecified atom stereocenters. The van der Waals surface area contributed by atoms with Crippen molar-refractivity contribution in [2.75, 3.05) is 4.90 Å². The van der Waals surface area contributed by atoms with Crippen LogP contribution in [0.15, 0.2) is 84.9 Å². The van der Waals surface area contributed by atoms with Crippen molar-refractivity contribution >= 4 is 46.3 Å². The Labute approximate surface area is 215 Å². The number of anilines is 2. The number of nitrogens with two attached hydrogens (primary N) is 1. The van der Waals surface area contributed by atoms with Gasteiger partial charge in [-0.15, -0.1) is 0 Å². The van der Waals surface area contributed by atoms with Gasteiger partial charge in [0.15, 0.2) is 23.1 Å². The number of primary amides is 1. The first-order chi connectivity index (χ1) is 18.3. The lowest BCUT2D eigenvalue weighted by Crippen LogP contribution is -2.40. The van der Waals surface area contributed by atoms with Crippen molar-refractivity contribution in [1.29, 1.82) is 0 Å². The summed E-state index contributed by atoms with van der Waals surface area (Å²) in [7, 11) is 0. The van der Waals surface area contributed by atoms with E-state index in [1.54, 1.807) is 24.3 Å². The summed E-state index contributed by atoms with van der Waals surface area (Å²) in [4.78, 5) is 80.3. The van der Waals surface area contributed by atoms with E-state index in [9.17, 15) is 28.8 Å². The van der Waals surface area contributed by atoms with E-state index in [1.165, 1.54) is 60.7 Å². The van der Waals surface area contributed by atoms with E-state index < -0.39 is 34.9 Å². The predicted molar refractivity (Wildman–Crippen MR) is 136 cm³/mol. The Morgan fingerprint density at radius 2 is 0.816 bits per heavy atom. The molecule has 2 amide bonds. The Kier molecular flexibility index (Phi) is 4.99. The summed E-state index contributed by atoms with van der Waals surface area (Å²) in [6.45, 7) is 0. The zero-order valence-electron chi connectivity index (χ0n) is 19.6. The van der Waals surface area contributed by atoms with Crippen molar-refractivity contribution in [1.82, 2.24) is 0 Å². The number of hydrogen-bond donors (Lipinski definition) is 1. The summed E-state index contributed by atoms with van der Waals surface area (Å²) in [6, 6.07) is 21.2. The standard InChI is InChI=1S/C30H16N2O6/c31-29(37)30(38)32(21-13-5-11-19-23(21)27(35)17-9-3-1-7-15(17)25(19)33)22-14-6-12-20-24(22)28(36)18-10-4-2-8-16(18)26(20)34/h1-14H,(H2,31,37). The van der Waals surface area contributed by atoms with E-state index >= 15 is 0 Å². The normalized spacial score (nSPS) is 13.3. The number of carbonyl (C=O) groups excluding carboxylic acids is 6. The average molecular weight is 500 g/mol. The summed E-state index contributed by atoms with van der Waals surface area (Å²) in [6.07, 6.45) is 0. The highest BCUT2D eigenvalue weighted by molar-refractivity contribution is 6.43. The minimum atomic E-state index is -1.36. The molecule has 0 radical (unpaired) electrons. The zero-order chi connectivity index (χ0) is 26.7. The van der Waals surface area contributed by atoms with Gasteiger partial charge in [0.2, 0.25) is 0 Å². The van der Waals surface area contributed by atoms with Gasteiger partial charge in [-0.2, -0.15) is 0 Å². The van der Waals surface area contributed by atoms with E-state index in [0.29, 0.717) is 0 Å². The van der Waals surface area contributed by atoms with Gasteiger partial charge in [-0.25, -0.2) is 0 Å². The minimum Gasteiger partial charge on any atom is -0.361 e. The molecule has 8 nitrogen and oxygen atoms in total. The highest BCUT2D eigenvalue weighted by Crippen LogP contribution is 2.41. The molecule has 0 saturated carbocycles. The van der Waals surface area contributed by atoms with Gasteiger partial charge >= 0.3 is 11.8 Å². The van der Waals surface area contributed by atoms with Crippen molar-refractivity contribution in [3.05, 3.63) is 129 Å². The summed E-state index contributed by atoms with van der Waals surface area (Å²) in [5, 5.41) is 0. The van der Waals surface area contributed by atoms with Gasteiger partial charge in [0, 0.05) is 33.4 Å². The van der Waals surface area contributed by atoms with Crippen LogP contribution in [0.4, 0.5) is 11.4 Å². The van der Waals surface area contributed by atoms with Crippen LogP contribution >= 0.6 is 0 Å². The first-order valence-corrected chi connectivity index (χ1v) is 11.6. The molecule has 4 aromatic rings. The molecule has 0 heterocycles. The van der Waals surface area contributed by atoms with E-state index in [0.717, 1.165) is 4.90 Å². The molecule has 8 heteroatoms. The van der Waals surface area contributed by atoms with Crippen LogP contribution in [0.25, 0.3) is 0 Å². The van der Waals surface area contributed by atoms with E-state index in [1.807, 2.05) is 0 Å². The molecule has 0 aromatic heterocycles. The Bertz CT molecular complexity index is 1680. The predicted octanol–water partition coefficient (Wildman–Crippen LogP) is 3.39. The molecule has 0 bridgehead atoms. The quantitative estimate of drug-likeness (QED) is 0.363. The van der Waals surface area contributed by atoms with Crippen molar-refractivity contribution < 1.29 is 28.8 Å². The second kappa shape index (κ2) is 8.28. The van der Waals surface area contributed by atoms with Crippen LogP contribution in [0.3, 0.4) is 0 Å². The smallest absolute Gasteiger partial charge is 0.320 e.